The van der Waals surface area contributed by atoms with Crippen LogP contribution in [-0.2, 0) is 4.79 Å². The molecule has 0 heterocycles. The van der Waals surface area contributed by atoms with Crippen LogP contribution in [0.15, 0.2) is 0 Å². The zero-order chi connectivity index (χ0) is 23.2. The molecule has 3 atom stereocenters. The van der Waals surface area contributed by atoms with Crippen molar-refractivity contribution in [2.24, 2.45) is 0 Å². The number of carbonyl (C=O) groups is 1. The summed E-state index contributed by atoms with van der Waals surface area (Å²) in [7, 11) is 0. The van der Waals surface area contributed by atoms with Crippen molar-refractivity contribution in [3.05, 3.63) is 0 Å². The molecule has 0 saturated carbocycles. The zero-order valence-corrected chi connectivity index (χ0v) is 20.6. The molecule has 0 aliphatic carbocycles. The second-order valence-corrected chi connectivity index (χ2v) is 9.26. The summed E-state index contributed by atoms with van der Waals surface area (Å²) in [6, 6.07) is -0.796. The van der Waals surface area contributed by atoms with Gasteiger partial charge in [0.2, 0.25) is 5.91 Å². The highest BCUT2D eigenvalue weighted by Crippen LogP contribution is 2.14. The van der Waals surface area contributed by atoms with Crippen LogP contribution in [0.1, 0.15) is 136 Å². The first kappa shape index (κ1) is 30.4. The fourth-order valence-electron chi connectivity index (χ4n) is 4.04. The standard InChI is InChI=1S/C26H53NO4/c1-3-5-7-9-11-13-14-16-18-20-24(29)26(31)23(22-28)27-25(30)21-19-17-15-12-10-8-6-4-2/h23-24,26,28-29,31H,3-22H2,1-2H3,(H,27,30)/t23-,24+,26-/m0/s1. The van der Waals surface area contributed by atoms with Crippen LogP contribution in [0.2, 0.25) is 0 Å². The normalized spacial score (nSPS) is 14.4. The van der Waals surface area contributed by atoms with E-state index < -0.39 is 18.2 Å². The molecular formula is C26H53NO4. The van der Waals surface area contributed by atoms with Gasteiger partial charge in [0.05, 0.1) is 18.8 Å². The lowest BCUT2D eigenvalue weighted by Gasteiger charge is -2.26. The summed E-state index contributed by atoms with van der Waals surface area (Å²) in [5.41, 5.74) is 0. The third kappa shape index (κ3) is 18.6. The molecule has 186 valence electrons. The molecule has 0 bridgehead atoms. The van der Waals surface area contributed by atoms with Gasteiger partial charge in [-0.1, -0.05) is 117 Å². The minimum atomic E-state index is -1.12. The molecule has 1 amide bonds. The molecule has 0 saturated heterocycles. The Bertz CT molecular complexity index is 392. The first-order chi connectivity index (χ1) is 15.1. The van der Waals surface area contributed by atoms with E-state index in [9.17, 15) is 20.1 Å². The first-order valence-corrected chi connectivity index (χ1v) is 13.3. The average molecular weight is 444 g/mol. The summed E-state index contributed by atoms with van der Waals surface area (Å²) >= 11 is 0. The zero-order valence-electron chi connectivity index (χ0n) is 20.6. The number of hydrogen-bond donors (Lipinski definition) is 4. The van der Waals surface area contributed by atoms with Gasteiger partial charge >= 0.3 is 0 Å². The fraction of sp³-hybridized carbons (Fsp3) is 0.962. The second-order valence-electron chi connectivity index (χ2n) is 9.26. The molecule has 5 nitrogen and oxygen atoms in total. The van der Waals surface area contributed by atoms with Gasteiger partial charge in [0.15, 0.2) is 0 Å². The predicted octanol–water partition coefficient (Wildman–Crippen LogP) is 5.64. The van der Waals surface area contributed by atoms with Crippen molar-refractivity contribution < 1.29 is 20.1 Å². The monoisotopic (exact) mass is 443 g/mol. The minimum Gasteiger partial charge on any atom is -0.394 e. The van der Waals surface area contributed by atoms with Gasteiger partial charge in [0, 0.05) is 6.42 Å². The highest BCUT2D eigenvalue weighted by Gasteiger charge is 2.26. The third-order valence-corrected chi connectivity index (χ3v) is 6.21. The van der Waals surface area contributed by atoms with Gasteiger partial charge in [-0.15, -0.1) is 0 Å². The molecular weight excluding hydrogens is 390 g/mol. The lowest BCUT2D eigenvalue weighted by Crippen LogP contribution is -2.50. The van der Waals surface area contributed by atoms with Gasteiger partial charge in [-0.2, -0.15) is 0 Å². The molecule has 0 fully saturated rings. The topological polar surface area (TPSA) is 89.8 Å². The van der Waals surface area contributed by atoms with E-state index in [1.54, 1.807) is 0 Å². The number of unbranched alkanes of at least 4 members (excludes halogenated alkanes) is 15. The van der Waals surface area contributed by atoms with Crippen molar-refractivity contribution >= 4 is 5.91 Å². The third-order valence-electron chi connectivity index (χ3n) is 6.21. The number of amides is 1. The van der Waals surface area contributed by atoms with Gasteiger partial charge in [-0.3, -0.25) is 4.79 Å². The summed E-state index contributed by atoms with van der Waals surface area (Å²) in [4.78, 5) is 12.1. The number of nitrogens with one attached hydrogen (secondary N) is 1. The Labute approximate surface area is 192 Å². The Morgan fingerprint density at radius 1 is 0.677 bits per heavy atom. The van der Waals surface area contributed by atoms with Crippen LogP contribution in [-0.4, -0.2) is 46.1 Å². The SMILES string of the molecule is CCCCCCCCCCC[C@@H](O)[C@@H](O)[C@H](CO)NC(=O)CCCCCCCCCC. The number of hydrogen-bond acceptors (Lipinski definition) is 4. The van der Waals surface area contributed by atoms with E-state index in [2.05, 4.69) is 19.2 Å². The second kappa shape index (κ2) is 22.5. The number of aliphatic hydroxyl groups is 3. The maximum atomic E-state index is 12.1. The average Bonchev–Trinajstić information content (AvgIpc) is 2.77. The van der Waals surface area contributed by atoms with Crippen LogP contribution in [0.4, 0.5) is 0 Å². The van der Waals surface area contributed by atoms with Crippen molar-refractivity contribution in [2.45, 2.75) is 154 Å². The molecule has 31 heavy (non-hydrogen) atoms. The van der Waals surface area contributed by atoms with E-state index in [0.29, 0.717) is 12.8 Å². The Morgan fingerprint density at radius 3 is 1.55 bits per heavy atom. The molecule has 0 aliphatic heterocycles. The molecule has 0 aliphatic rings. The fourth-order valence-corrected chi connectivity index (χ4v) is 4.04. The number of rotatable bonds is 23. The summed E-state index contributed by atoms with van der Waals surface area (Å²) in [6.45, 7) is 4.08. The van der Waals surface area contributed by atoms with Crippen LogP contribution in [0.5, 0.6) is 0 Å². The van der Waals surface area contributed by atoms with Crippen LogP contribution >= 0.6 is 0 Å². The van der Waals surface area contributed by atoms with Crippen molar-refractivity contribution in [1.29, 1.82) is 0 Å². The van der Waals surface area contributed by atoms with Crippen molar-refractivity contribution in [2.75, 3.05) is 6.61 Å². The van der Waals surface area contributed by atoms with Gasteiger partial charge < -0.3 is 20.6 Å². The van der Waals surface area contributed by atoms with Crippen LogP contribution < -0.4 is 5.32 Å². The quantitative estimate of drug-likeness (QED) is 0.154. The first-order valence-electron chi connectivity index (χ1n) is 13.3. The van der Waals surface area contributed by atoms with Crippen LogP contribution in [0, 0.1) is 0 Å². The van der Waals surface area contributed by atoms with Gasteiger partial charge in [-0.25, -0.2) is 0 Å². The minimum absolute atomic E-state index is 0.153. The molecule has 0 radical (unpaired) electrons. The predicted molar refractivity (Wildman–Crippen MR) is 130 cm³/mol. The highest BCUT2D eigenvalue weighted by atomic mass is 16.3. The van der Waals surface area contributed by atoms with Crippen molar-refractivity contribution in [3.8, 4) is 0 Å². The van der Waals surface area contributed by atoms with Crippen molar-refractivity contribution in [3.63, 3.8) is 0 Å². The van der Waals surface area contributed by atoms with E-state index in [1.165, 1.54) is 70.6 Å². The molecule has 4 N–H and O–H groups in total. The Morgan fingerprint density at radius 2 is 1.10 bits per heavy atom. The van der Waals surface area contributed by atoms with Crippen molar-refractivity contribution in [1.82, 2.24) is 5.32 Å². The molecule has 0 rings (SSSR count). The van der Waals surface area contributed by atoms with Gasteiger partial charge in [0.25, 0.3) is 0 Å². The van der Waals surface area contributed by atoms with Crippen LogP contribution in [0.3, 0.4) is 0 Å². The Balaban J connectivity index is 3.83. The number of carbonyl (C=O) groups excluding carboxylic acids is 1. The largest absolute Gasteiger partial charge is 0.394 e. The van der Waals surface area contributed by atoms with Gasteiger partial charge in [-0.05, 0) is 12.8 Å². The summed E-state index contributed by atoms with van der Waals surface area (Å²) in [5, 5.41) is 32.8. The molecule has 0 unspecified atom stereocenters. The molecule has 5 heteroatoms. The Kier molecular flexibility index (Phi) is 22.1. The van der Waals surface area contributed by atoms with E-state index >= 15 is 0 Å². The summed E-state index contributed by atoms with van der Waals surface area (Å²) in [5.74, 6) is -0.153. The maximum absolute atomic E-state index is 12.1. The summed E-state index contributed by atoms with van der Waals surface area (Å²) < 4.78 is 0. The number of aliphatic hydroxyl groups excluding tert-OH is 3. The van der Waals surface area contributed by atoms with E-state index in [1.807, 2.05) is 0 Å². The van der Waals surface area contributed by atoms with E-state index in [-0.39, 0.29) is 12.5 Å². The maximum Gasteiger partial charge on any atom is 0.220 e. The van der Waals surface area contributed by atoms with Crippen LogP contribution in [0.25, 0.3) is 0 Å². The summed E-state index contributed by atoms with van der Waals surface area (Å²) in [6.07, 6.45) is 19.1. The highest BCUT2D eigenvalue weighted by molar-refractivity contribution is 5.76. The lowest BCUT2D eigenvalue weighted by atomic mass is 9.99. The Hall–Kier alpha value is -0.650. The molecule has 0 spiro atoms. The lowest BCUT2D eigenvalue weighted by molar-refractivity contribution is -0.124. The molecule has 0 aromatic rings. The smallest absolute Gasteiger partial charge is 0.220 e. The van der Waals surface area contributed by atoms with E-state index in [0.717, 1.165) is 38.5 Å². The van der Waals surface area contributed by atoms with E-state index in [4.69, 9.17) is 0 Å². The molecule has 0 aromatic heterocycles. The molecule has 0 aromatic carbocycles. The van der Waals surface area contributed by atoms with Gasteiger partial charge in [0.1, 0.15) is 6.10 Å².